The van der Waals surface area contributed by atoms with Crippen LogP contribution in [-0.2, 0) is 14.2 Å². The molecule has 2 aromatic rings. The zero-order valence-electron chi connectivity index (χ0n) is 15.8. The second kappa shape index (κ2) is 7.73. The second-order valence-corrected chi connectivity index (χ2v) is 7.30. The van der Waals surface area contributed by atoms with Gasteiger partial charge in [0.15, 0.2) is 6.10 Å². The first-order valence-corrected chi connectivity index (χ1v) is 9.34. The molecule has 4 atom stereocenters. The highest BCUT2D eigenvalue weighted by atomic mass is 16.6. The van der Waals surface area contributed by atoms with Gasteiger partial charge in [0.1, 0.15) is 11.9 Å². The van der Waals surface area contributed by atoms with E-state index in [4.69, 9.17) is 18.9 Å². The first-order valence-electron chi connectivity index (χ1n) is 9.34. The molecule has 4 rings (SSSR count). The minimum absolute atomic E-state index is 0.0126. The molecule has 0 radical (unpaired) electrons. The van der Waals surface area contributed by atoms with Crippen molar-refractivity contribution >= 4 is 11.9 Å². The average molecular weight is 382 g/mol. The SMILES string of the molecule is Cc1ccc(C(=O)Oc2ccc(C(=O)O[C@@H]3COC4C3OC[C@@H]4C)cc2)cc1. The molecule has 2 unspecified atom stereocenters. The van der Waals surface area contributed by atoms with Crippen LogP contribution in [0.25, 0.3) is 0 Å². The first-order chi connectivity index (χ1) is 13.5. The molecule has 2 aliphatic heterocycles. The molecule has 0 amide bonds. The fraction of sp³-hybridized carbons (Fsp3) is 0.364. The zero-order chi connectivity index (χ0) is 19.7. The van der Waals surface area contributed by atoms with E-state index >= 15 is 0 Å². The van der Waals surface area contributed by atoms with E-state index in [-0.39, 0.29) is 12.2 Å². The monoisotopic (exact) mass is 382 g/mol. The maximum absolute atomic E-state index is 12.4. The third-order valence-electron chi connectivity index (χ3n) is 5.10. The van der Waals surface area contributed by atoms with Gasteiger partial charge in [-0.15, -0.1) is 0 Å². The van der Waals surface area contributed by atoms with Crippen molar-refractivity contribution in [2.45, 2.75) is 32.2 Å². The fourth-order valence-electron chi connectivity index (χ4n) is 3.48. The Balaban J connectivity index is 1.36. The molecule has 28 heavy (non-hydrogen) atoms. The van der Waals surface area contributed by atoms with E-state index in [9.17, 15) is 9.59 Å². The van der Waals surface area contributed by atoms with Crippen LogP contribution in [0.4, 0.5) is 0 Å². The highest BCUT2D eigenvalue weighted by Gasteiger charge is 2.47. The summed E-state index contributed by atoms with van der Waals surface area (Å²) in [6.07, 6.45) is -0.614. The van der Waals surface area contributed by atoms with E-state index in [0.717, 1.165) is 5.56 Å². The molecule has 6 nitrogen and oxygen atoms in total. The van der Waals surface area contributed by atoms with Crippen LogP contribution >= 0.6 is 0 Å². The van der Waals surface area contributed by atoms with Crippen molar-refractivity contribution in [3.05, 3.63) is 65.2 Å². The van der Waals surface area contributed by atoms with Crippen molar-refractivity contribution in [1.29, 1.82) is 0 Å². The maximum Gasteiger partial charge on any atom is 0.343 e. The molecule has 2 heterocycles. The number of rotatable bonds is 4. The summed E-state index contributed by atoms with van der Waals surface area (Å²) < 4.78 is 22.3. The summed E-state index contributed by atoms with van der Waals surface area (Å²) in [5, 5.41) is 0. The molecular formula is C22H22O6. The predicted molar refractivity (Wildman–Crippen MR) is 100 cm³/mol. The van der Waals surface area contributed by atoms with Crippen molar-refractivity contribution in [3.63, 3.8) is 0 Å². The number of benzene rings is 2. The van der Waals surface area contributed by atoms with Crippen LogP contribution in [0.2, 0.25) is 0 Å². The van der Waals surface area contributed by atoms with E-state index in [1.54, 1.807) is 36.4 Å². The molecule has 2 aliphatic rings. The highest BCUT2D eigenvalue weighted by molar-refractivity contribution is 5.92. The molecule has 2 fully saturated rings. The van der Waals surface area contributed by atoms with Crippen LogP contribution in [0.3, 0.4) is 0 Å². The lowest BCUT2D eigenvalue weighted by atomic mass is 10.0. The summed E-state index contributed by atoms with van der Waals surface area (Å²) >= 11 is 0. The Kier molecular flexibility index (Phi) is 5.15. The Morgan fingerprint density at radius 1 is 0.857 bits per heavy atom. The van der Waals surface area contributed by atoms with Gasteiger partial charge in [-0.05, 0) is 43.3 Å². The van der Waals surface area contributed by atoms with Crippen LogP contribution < -0.4 is 4.74 Å². The molecule has 0 aliphatic carbocycles. The quantitative estimate of drug-likeness (QED) is 0.598. The zero-order valence-corrected chi connectivity index (χ0v) is 15.8. The average Bonchev–Trinajstić information content (AvgIpc) is 3.26. The van der Waals surface area contributed by atoms with Crippen molar-refractivity contribution < 1.29 is 28.5 Å². The normalized spacial score (nSPS) is 25.9. The number of carbonyl (C=O) groups is 2. The van der Waals surface area contributed by atoms with Gasteiger partial charge in [-0.1, -0.05) is 24.6 Å². The molecule has 0 bridgehead atoms. The molecule has 0 aromatic heterocycles. The minimum Gasteiger partial charge on any atom is -0.453 e. The Morgan fingerprint density at radius 2 is 1.46 bits per heavy atom. The second-order valence-electron chi connectivity index (χ2n) is 7.30. The Labute approximate surface area is 163 Å². The van der Waals surface area contributed by atoms with Crippen molar-refractivity contribution in [3.8, 4) is 5.75 Å². The number of hydrogen-bond acceptors (Lipinski definition) is 6. The standard InChI is InChI=1S/C22H22O6/c1-13-3-5-15(6-4-13)21(23)27-17-9-7-16(8-10-17)22(24)28-18-12-26-19-14(2)11-25-20(18)19/h3-10,14,18-20H,11-12H2,1-2H3/t14-,18+,19?,20?/m0/s1. The van der Waals surface area contributed by atoms with Gasteiger partial charge in [0.2, 0.25) is 0 Å². The number of aryl methyl sites for hydroxylation is 1. The molecule has 0 spiro atoms. The maximum atomic E-state index is 12.4. The van der Waals surface area contributed by atoms with Crippen LogP contribution in [0.1, 0.15) is 33.2 Å². The number of ether oxygens (including phenoxy) is 4. The van der Waals surface area contributed by atoms with Crippen molar-refractivity contribution in [2.75, 3.05) is 13.2 Å². The van der Waals surface area contributed by atoms with Crippen LogP contribution in [-0.4, -0.2) is 43.5 Å². The molecule has 146 valence electrons. The molecule has 0 saturated carbocycles. The van der Waals surface area contributed by atoms with E-state index in [0.29, 0.717) is 36.0 Å². The van der Waals surface area contributed by atoms with Gasteiger partial charge in [0.05, 0.1) is 30.4 Å². The van der Waals surface area contributed by atoms with Crippen LogP contribution in [0.5, 0.6) is 5.75 Å². The minimum atomic E-state index is -0.450. The van der Waals surface area contributed by atoms with Crippen LogP contribution in [0, 0.1) is 12.8 Å². The molecule has 0 N–H and O–H groups in total. The number of esters is 2. The van der Waals surface area contributed by atoms with Gasteiger partial charge >= 0.3 is 11.9 Å². The summed E-state index contributed by atoms with van der Waals surface area (Å²) in [4.78, 5) is 24.6. The summed E-state index contributed by atoms with van der Waals surface area (Å²) in [6, 6.07) is 13.4. The topological polar surface area (TPSA) is 71.1 Å². The molecule has 6 heteroatoms. The number of hydrogen-bond donors (Lipinski definition) is 0. The van der Waals surface area contributed by atoms with E-state index in [2.05, 4.69) is 6.92 Å². The number of carbonyl (C=O) groups excluding carboxylic acids is 2. The van der Waals surface area contributed by atoms with E-state index in [1.165, 1.54) is 0 Å². The summed E-state index contributed by atoms with van der Waals surface area (Å²) in [7, 11) is 0. The summed E-state index contributed by atoms with van der Waals surface area (Å²) in [5.41, 5.74) is 1.91. The third-order valence-corrected chi connectivity index (χ3v) is 5.10. The van der Waals surface area contributed by atoms with Crippen LogP contribution in [0.15, 0.2) is 48.5 Å². The first kappa shape index (κ1) is 18.7. The Hall–Kier alpha value is -2.70. The van der Waals surface area contributed by atoms with Gasteiger partial charge in [-0.3, -0.25) is 0 Å². The lowest BCUT2D eigenvalue weighted by Crippen LogP contribution is -2.32. The molecular weight excluding hydrogens is 360 g/mol. The van der Waals surface area contributed by atoms with Gasteiger partial charge in [-0.2, -0.15) is 0 Å². The van der Waals surface area contributed by atoms with Gasteiger partial charge < -0.3 is 18.9 Å². The van der Waals surface area contributed by atoms with Gasteiger partial charge in [-0.25, -0.2) is 9.59 Å². The van der Waals surface area contributed by atoms with E-state index < -0.39 is 18.0 Å². The van der Waals surface area contributed by atoms with Gasteiger partial charge in [0, 0.05) is 5.92 Å². The largest absolute Gasteiger partial charge is 0.453 e. The predicted octanol–water partition coefficient (Wildman–Crippen LogP) is 3.17. The lowest BCUT2D eigenvalue weighted by molar-refractivity contribution is -0.0158. The lowest BCUT2D eigenvalue weighted by Gasteiger charge is -2.16. The van der Waals surface area contributed by atoms with Crippen molar-refractivity contribution in [1.82, 2.24) is 0 Å². The molecule has 2 saturated heterocycles. The number of fused-ring (bicyclic) bond motifs is 1. The van der Waals surface area contributed by atoms with E-state index in [1.807, 2.05) is 19.1 Å². The smallest absolute Gasteiger partial charge is 0.343 e. The molecule has 2 aromatic carbocycles. The third kappa shape index (κ3) is 3.79. The summed E-state index contributed by atoms with van der Waals surface area (Å²) in [5.74, 6) is -0.235. The highest BCUT2D eigenvalue weighted by Crippen LogP contribution is 2.32. The Morgan fingerprint density at radius 3 is 2.18 bits per heavy atom. The van der Waals surface area contributed by atoms with Gasteiger partial charge in [0.25, 0.3) is 0 Å². The summed E-state index contributed by atoms with van der Waals surface area (Å²) in [6.45, 7) is 4.97. The van der Waals surface area contributed by atoms with Crippen molar-refractivity contribution in [2.24, 2.45) is 5.92 Å². The Bertz CT molecular complexity index is 858. The fourth-order valence-corrected chi connectivity index (χ4v) is 3.48.